The molecule has 1 aliphatic carbocycles. The van der Waals surface area contributed by atoms with Crippen molar-refractivity contribution in [3.63, 3.8) is 0 Å². The molecule has 0 aromatic carbocycles. The molecule has 1 saturated carbocycles. The van der Waals surface area contributed by atoms with E-state index in [0.29, 0.717) is 17.9 Å². The number of hydrogen-bond donors (Lipinski definition) is 1. The van der Waals surface area contributed by atoms with Crippen molar-refractivity contribution >= 4 is 5.82 Å². The van der Waals surface area contributed by atoms with E-state index in [2.05, 4.69) is 32.5 Å². The van der Waals surface area contributed by atoms with E-state index in [-0.39, 0.29) is 0 Å². The molecule has 3 aromatic rings. The molecule has 0 amide bonds. The average Bonchev–Trinajstić information content (AvgIpc) is 3.12. The Hall–Kier alpha value is -2.70. The molecular formula is C17H20N6O. The van der Waals surface area contributed by atoms with Crippen LogP contribution < -0.4 is 5.32 Å². The van der Waals surface area contributed by atoms with E-state index < -0.39 is 0 Å². The van der Waals surface area contributed by atoms with Gasteiger partial charge in [-0.15, -0.1) is 0 Å². The fraction of sp³-hybridized carbons (Fsp3) is 0.412. The van der Waals surface area contributed by atoms with Gasteiger partial charge >= 0.3 is 0 Å². The van der Waals surface area contributed by atoms with E-state index in [9.17, 15) is 0 Å². The first-order valence-electron chi connectivity index (χ1n) is 8.32. The molecule has 4 rings (SSSR count). The van der Waals surface area contributed by atoms with Crippen LogP contribution in [0.25, 0.3) is 11.5 Å². The molecule has 124 valence electrons. The van der Waals surface area contributed by atoms with Crippen LogP contribution in [0.4, 0.5) is 5.82 Å². The van der Waals surface area contributed by atoms with Gasteiger partial charge in [0.05, 0.1) is 5.56 Å². The van der Waals surface area contributed by atoms with Gasteiger partial charge in [-0.05, 0) is 44.4 Å². The fourth-order valence-electron chi connectivity index (χ4n) is 2.55. The zero-order valence-corrected chi connectivity index (χ0v) is 13.6. The van der Waals surface area contributed by atoms with Gasteiger partial charge in [-0.2, -0.15) is 10.1 Å². The Balaban J connectivity index is 1.34. The second-order valence-corrected chi connectivity index (χ2v) is 6.27. The summed E-state index contributed by atoms with van der Waals surface area (Å²) in [6.07, 6.45) is 8.84. The Labute approximate surface area is 140 Å². The summed E-state index contributed by atoms with van der Waals surface area (Å²) in [4.78, 5) is 8.89. The lowest BCUT2D eigenvalue weighted by Gasteiger charge is -2.14. The Kier molecular flexibility index (Phi) is 3.98. The highest BCUT2D eigenvalue weighted by atomic mass is 16.5. The number of nitrogens with one attached hydrogen (secondary N) is 1. The third-order valence-electron chi connectivity index (χ3n) is 4.14. The number of rotatable bonds is 7. The summed E-state index contributed by atoms with van der Waals surface area (Å²) in [5.74, 6) is 2.70. The van der Waals surface area contributed by atoms with Crippen molar-refractivity contribution in [3.8, 4) is 11.5 Å². The van der Waals surface area contributed by atoms with Gasteiger partial charge < -0.3 is 9.84 Å². The van der Waals surface area contributed by atoms with E-state index in [1.54, 1.807) is 12.4 Å². The first-order valence-corrected chi connectivity index (χ1v) is 8.32. The van der Waals surface area contributed by atoms with Crippen molar-refractivity contribution in [3.05, 3.63) is 42.6 Å². The normalized spacial score (nSPS) is 15.4. The van der Waals surface area contributed by atoms with Crippen LogP contribution in [0, 0.1) is 0 Å². The SMILES string of the molecule is CC(CCn1cccn1)Nc1ccc(-c2nc(C3CC3)no2)cn1. The molecule has 1 aliphatic rings. The van der Waals surface area contributed by atoms with E-state index in [1.807, 2.05) is 29.1 Å². The van der Waals surface area contributed by atoms with E-state index in [1.165, 1.54) is 0 Å². The summed E-state index contributed by atoms with van der Waals surface area (Å²) < 4.78 is 7.25. The van der Waals surface area contributed by atoms with Gasteiger partial charge in [0.25, 0.3) is 5.89 Å². The van der Waals surface area contributed by atoms with Gasteiger partial charge in [0.1, 0.15) is 5.82 Å². The van der Waals surface area contributed by atoms with Crippen LogP contribution in [-0.4, -0.2) is 30.9 Å². The predicted octanol–water partition coefficient (Wildman–Crippen LogP) is 3.10. The number of hydrogen-bond acceptors (Lipinski definition) is 6. The highest BCUT2D eigenvalue weighted by Gasteiger charge is 2.29. The first-order chi connectivity index (χ1) is 11.8. The molecule has 1 fully saturated rings. The Bertz CT molecular complexity index is 776. The van der Waals surface area contributed by atoms with Crippen molar-refractivity contribution in [2.75, 3.05) is 5.32 Å². The minimum Gasteiger partial charge on any atom is -0.368 e. The average molecular weight is 324 g/mol. The standard InChI is InChI=1S/C17H20N6O/c1-12(7-10-23-9-2-8-19-23)20-15-6-5-14(11-18-15)17-21-16(22-24-17)13-3-4-13/h2,5-6,8-9,11-13H,3-4,7,10H2,1H3,(H,18,20). The topological polar surface area (TPSA) is 81.7 Å². The largest absolute Gasteiger partial charge is 0.368 e. The molecule has 0 spiro atoms. The first kappa shape index (κ1) is 14.9. The minimum absolute atomic E-state index is 0.303. The molecule has 1 unspecified atom stereocenters. The fourth-order valence-corrected chi connectivity index (χ4v) is 2.55. The van der Waals surface area contributed by atoms with Crippen LogP contribution in [0.2, 0.25) is 0 Å². The van der Waals surface area contributed by atoms with Crippen LogP contribution in [0.15, 0.2) is 41.3 Å². The van der Waals surface area contributed by atoms with Crippen molar-refractivity contribution in [1.82, 2.24) is 24.9 Å². The number of aryl methyl sites for hydroxylation is 1. The third-order valence-corrected chi connectivity index (χ3v) is 4.14. The van der Waals surface area contributed by atoms with Crippen LogP contribution in [0.5, 0.6) is 0 Å². The predicted molar refractivity (Wildman–Crippen MR) is 89.4 cm³/mol. The van der Waals surface area contributed by atoms with E-state index in [0.717, 1.165) is 43.0 Å². The number of nitrogens with zero attached hydrogens (tertiary/aromatic N) is 5. The maximum atomic E-state index is 5.32. The molecule has 3 aromatic heterocycles. The quantitative estimate of drug-likeness (QED) is 0.719. The van der Waals surface area contributed by atoms with Gasteiger partial charge in [-0.3, -0.25) is 4.68 Å². The van der Waals surface area contributed by atoms with Crippen LogP contribution in [0.3, 0.4) is 0 Å². The van der Waals surface area contributed by atoms with Crippen molar-refractivity contribution in [1.29, 1.82) is 0 Å². The van der Waals surface area contributed by atoms with Crippen LogP contribution in [0.1, 0.15) is 37.9 Å². The molecule has 0 radical (unpaired) electrons. The number of aromatic nitrogens is 5. The molecule has 7 heteroatoms. The maximum absolute atomic E-state index is 5.32. The molecule has 3 heterocycles. The van der Waals surface area contributed by atoms with Crippen LogP contribution in [-0.2, 0) is 6.54 Å². The van der Waals surface area contributed by atoms with Crippen molar-refractivity contribution in [2.24, 2.45) is 0 Å². The molecular weight excluding hydrogens is 304 g/mol. The lowest BCUT2D eigenvalue weighted by atomic mass is 10.2. The molecule has 0 aliphatic heterocycles. The molecule has 0 saturated heterocycles. The van der Waals surface area contributed by atoms with E-state index >= 15 is 0 Å². The van der Waals surface area contributed by atoms with Crippen molar-refractivity contribution < 1.29 is 4.52 Å². The molecule has 24 heavy (non-hydrogen) atoms. The Morgan fingerprint density at radius 3 is 3.00 bits per heavy atom. The third kappa shape index (κ3) is 3.45. The second-order valence-electron chi connectivity index (χ2n) is 6.27. The minimum atomic E-state index is 0.303. The van der Waals surface area contributed by atoms with Crippen molar-refractivity contribution in [2.45, 2.75) is 44.7 Å². The zero-order chi connectivity index (χ0) is 16.4. The maximum Gasteiger partial charge on any atom is 0.259 e. The molecule has 0 bridgehead atoms. The number of pyridine rings is 1. The Morgan fingerprint density at radius 2 is 2.29 bits per heavy atom. The molecule has 7 nitrogen and oxygen atoms in total. The lowest BCUT2D eigenvalue weighted by Crippen LogP contribution is -2.18. The monoisotopic (exact) mass is 324 g/mol. The summed E-state index contributed by atoms with van der Waals surface area (Å²) in [6.45, 7) is 3.02. The van der Waals surface area contributed by atoms with Crippen LogP contribution >= 0.6 is 0 Å². The van der Waals surface area contributed by atoms with Gasteiger partial charge in [-0.1, -0.05) is 5.16 Å². The second kappa shape index (κ2) is 6.43. The molecule has 1 atom stereocenters. The smallest absolute Gasteiger partial charge is 0.259 e. The lowest BCUT2D eigenvalue weighted by molar-refractivity contribution is 0.422. The summed E-state index contributed by atoms with van der Waals surface area (Å²) in [5, 5.41) is 11.6. The summed E-state index contributed by atoms with van der Waals surface area (Å²) in [6, 6.07) is 6.14. The zero-order valence-electron chi connectivity index (χ0n) is 13.6. The van der Waals surface area contributed by atoms with E-state index in [4.69, 9.17) is 4.52 Å². The van der Waals surface area contributed by atoms with Gasteiger partial charge in [-0.25, -0.2) is 4.98 Å². The van der Waals surface area contributed by atoms with Gasteiger partial charge in [0.15, 0.2) is 5.82 Å². The highest BCUT2D eigenvalue weighted by Crippen LogP contribution is 2.38. The Morgan fingerprint density at radius 1 is 1.38 bits per heavy atom. The van der Waals surface area contributed by atoms with Gasteiger partial charge in [0, 0.05) is 37.1 Å². The number of anilines is 1. The summed E-state index contributed by atoms with van der Waals surface area (Å²) in [5.41, 5.74) is 0.851. The summed E-state index contributed by atoms with van der Waals surface area (Å²) in [7, 11) is 0. The highest BCUT2D eigenvalue weighted by molar-refractivity contribution is 5.54. The summed E-state index contributed by atoms with van der Waals surface area (Å²) >= 11 is 0. The molecule has 1 N–H and O–H groups in total. The van der Waals surface area contributed by atoms with Gasteiger partial charge in [0.2, 0.25) is 0 Å².